The zero-order valence-corrected chi connectivity index (χ0v) is 20.8. The van der Waals surface area contributed by atoms with Crippen LogP contribution in [0.5, 0.6) is 5.75 Å². The van der Waals surface area contributed by atoms with E-state index < -0.39 is 68.5 Å². The normalized spacial score (nSPS) is 23.7. The first kappa shape index (κ1) is 29.7. The van der Waals surface area contributed by atoms with E-state index >= 15 is 0 Å². The predicted octanol–water partition coefficient (Wildman–Crippen LogP) is -1.94. The number of phenols is 1. The number of aliphatic hydroxyl groups excluding tert-OH is 7. The van der Waals surface area contributed by atoms with Crippen molar-refractivity contribution in [2.45, 2.75) is 48.9 Å². The first-order valence-electron chi connectivity index (χ1n) is 12.3. The maximum absolute atomic E-state index is 12.0. The molecule has 1 saturated heterocycles. The van der Waals surface area contributed by atoms with Crippen LogP contribution in [0.2, 0.25) is 0 Å². The Morgan fingerprint density at radius 3 is 2.05 bits per heavy atom. The fourth-order valence-electron chi connectivity index (χ4n) is 4.23. The summed E-state index contributed by atoms with van der Waals surface area (Å²) in [6, 6.07) is 11.8. The van der Waals surface area contributed by atoms with Gasteiger partial charge in [-0.05, 0) is 41.7 Å². The molecule has 10 N–H and O–H groups in total. The van der Waals surface area contributed by atoms with E-state index in [9.17, 15) is 45.6 Å². The molecule has 210 valence electrons. The summed E-state index contributed by atoms with van der Waals surface area (Å²) in [6.07, 6.45) is -5.78. The van der Waals surface area contributed by atoms with E-state index in [0.717, 1.165) is 16.7 Å². The zero-order chi connectivity index (χ0) is 27.9. The van der Waals surface area contributed by atoms with Crippen molar-refractivity contribution >= 4 is 6.03 Å². The molecule has 0 spiro atoms. The molecule has 5 atom stereocenters. The Morgan fingerprint density at radius 1 is 0.842 bits per heavy atom. The Labute approximate surface area is 219 Å². The molecule has 38 heavy (non-hydrogen) atoms. The van der Waals surface area contributed by atoms with Crippen LogP contribution >= 0.6 is 0 Å². The molecule has 3 rings (SSSR count). The Hall–Kier alpha value is -2.81. The lowest BCUT2D eigenvalue weighted by molar-refractivity contribution is -0.232. The van der Waals surface area contributed by atoms with E-state index in [1.807, 2.05) is 24.3 Å². The van der Waals surface area contributed by atoms with Gasteiger partial charge in [0, 0.05) is 12.1 Å². The van der Waals surface area contributed by atoms with Crippen LogP contribution in [0.15, 0.2) is 42.5 Å². The van der Waals surface area contributed by atoms with Crippen molar-refractivity contribution in [1.29, 1.82) is 0 Å². The molecule has 0 bridgehead atoms. The number of aliphatic hydroxyl groups is 7. The van der Waals surface area contributed by atoms with Gasteiger partial charge in [0.1, 0.15) is 41.8 Å². The minimum Gasteiger partial charge on any atom is -0.508 e. The molecule has 1 fully saturated rings. The van der Waals surface area contributed by atoms with Crippen molar-refractivity contribution in [1.82, 2.24) is 10.6 Å². The molecule has 0 radical (unpaired) electrons. The van der Waals surface area contributed by atoms with Crippen LogP contribution in [-0.4, -0.2) is 110 Å². The van der Waals surface area contributed by atoms with Crippen molar-refractivity contribution < 1.29 is 50.4 Å². The fraction of sp³-hybridized carbons (Fsp3) is 0.500. The topological polar surface area (TPSA) is 212 Å². The van der Waals surface area contributed by atoms with Gasteiger partial charge in [-0.15, -0.1) is 0 Å². The number of hydrogen-bond acceptors (Lipinski definition) is 10. The number of carbonyl (C=O) groups is 1. The van der Waals surface area contributed by atoms with Gasteiger partial charge < -0.3 is 56.2 Å². The summed E-state index contributed by atoms with van der Waals surface area (Å²) < 4.78 is 5.58. The van der Waals surface area contributed by atoms with E-state index in [4.69, 9.17) is 4.74 Å². The molecule has 2 aromatic carbocycles. The standard InChI is InChI=1S/C26H36N2O10/c29-11-20-21(34)22(35)23(36)24(38-20)18-10-17(5-6-19(18)33)9-16-3-1-15(2-4-16)7-8-27-25(37)28-26(12-30,13-31)14-32/h1-6,10,20-24,29-36H,7-9,11-14H2,(H2,27,28,37)/t20-,21-,22+,23-,24+/m1/s1. The molecule has 12 heteroatoms. The second-order valence-corrected chi connectivity index (χ2v) is 9.52. The first-order chi connectivity index (χ1) is 18.2. The number of phenolic OH excluding ortho intramolecular Hbond substituents is 1. The Balaban J connectivity index is 1.59. The molecule has 0 saturated carbocycles. The molecule has 1 heterocycles. The Kier molecular flexibility index (Phi) is 10.4. The van der Waals surface area contributed by atoms with Gasteiger partial charge >= 0.3 is 6.03 Å². The summed E-state index contributed by atoms with van der Waals surface area (Å²) in [7, 11) is 0. The molecular weight excluding hydrogens is 500 g/mol. The fourth-order valence-corrected chi connectivity index (χ4v) is 4.23. The van der Waals surface area contributed by atoms with Crippen LogP contribution in [0.1, 0.15) is 28.4 Å². The highest BCUT2D eigenvalue weighted by atomic mass is 16.5. The minimum absolute atomic E-state index is 0.154. The monoisotopic (exact) mass is 536 g/mol. The number of hydrogen-bond donors (Lipinski definition) is 10. The molecule has 0 aliphatic carbocycles. The van der Waals surface area contributed by atoms with Gasteiger partial charge in [0.25, 0.3) is 0 Å². The lowest BCUT2D eigenvalue weighted by atomic mass is 9.89. The van der Waals surface area contributed by atoms with E-state index in [1.165, 1.54) is 6.07 Å². The number of aromatic hydroxyl groups is 1. The van der Waals surface area contributed by atoms with Gasteiger partial charge in [0.15, 0.2) is 0 Å². The molecule has 12 nitrogen and oxygen atoms in total. The van der Waals surface area contributed by atoms with E-state index in [1.54, 1.807) is 12.1 Å². The number of urea groups is 1. The van der Waals surface area contributed by atoms with Crippen molar-refractivity contribution in [3.8, 4) is 5.75 Å². The SMILES string of the molecule is O=C(NCCc1ccc(Cc2ccc(O)c([C@@H]3O[C@H](CO)[C@@H](O)[C@H](O)[C@H]3O)c2)cc1)NC(CO)(CO)CO. The Morgan fingerprint density at radius 2 is 1.45 bits per heavy atom. The van der Waals surface area contributed by atoms with Gasteiger partial charge in [0.05, 0.1) is 26.4 Å². The second-order valence-electron chi connectivity index (χ2n) is 9.52. The van der Waals surface area contributed by atoms with Crippen LogP contribution in [0, 0.1) is 0 Å². The largest absolute Gasteiger partial charge is 0.508 e. The van der Waals surface area contributed by atoms with Crippen molar-refractivity contribution in [2.75, 3.05) is 33.0 Å². The molecule has 0 aromatic heterocycles. The number of rotatable bonds is 11. The third kappa shape index (κ3) is 6.98. The molecule has 2 amide bonds. The smallest absolute Gasteiger partial charge is 0.315 e. The summed E-state index contributed by atoms with van der Waals surface area (Å²) in [5.74, 6) is -0.154. The van der Waals surface area contributed by atoms with Gasteiger partial charge in [0.2, 0.25) is 0 Å². The summed E-state index contributed by atoms with van der Waals surface area (Å²) in [4.78, 5) is 12.0. The summed E-state index contributed by atoms with van der Waals surface area (Å²) in [6.45, 7) is -2.12. The predicted molar refractivity (Wildman–Crippen MR) is 134 cm³/mol. The maximum Gasteiger partial charge on any atom is 0.315 e. The summed E-state index contributed by atoms with van der Waals surface area (Å²) in [5.41, 5.74) is 1.42. The number of nitrogens with one attached hydrogen (secondary N) is 2. The number of amides is 2. The highest BCUT2D eigenvalue weighted by molar-refractivity contribution is 5.74. The van der Waals surface area contributed by atoms with E-state index in [0.29, 0.717) is 12.8 Å². The van der Waals surface area contributed by atoms with Gasteiger partial charge in [-0.25, -0.2) is 4.79 Å². The van der Waals surface area contributed by atoms with E-state index in [2.05, 4.69) is 10.6 Å². The lowest BCUT2D eigenvalue weighted by Crippen LogP contribution is -2.59. The second kappa shape index (κ2) is 13.3. The number of ether oxygens (including phenoxy) is 1. The van der Waals surface area contributed by atoms with Gasteiger partial charge in [-0.1, -0.05) is 30.3 Å². The van der Waals surface area contributed by atoms with Crippen LogP contribution in [-0.2, 0) is 17.6 Å². The van der Waals surface area contributed by atoms with Gasteiger partial charge in [-0.3, -0.25) is 0 Å². The molecular formula is C26H36N2O10. The highest BCUT2D eigenvalue weighted by Crippen LogP contribution is 2.37. The molecule has 2 aromatic rings. The first-order valence-corrected chi connectivity index (χ1v) is 12.3. The van der Waals surface area contributed by atoms with Gasteiger partial charge in [-0.2, -0.15) is 0 Å². The molecule has 1 aliphatic heterocycles. The van der Waals surface area contributed by atoms with Crippen LogP contribution in [0.4, 0.5) is 4.79 Å². The summed E-state index contributed by atoms with van der Waals surface area (Å²) >= 11 is 0. The number of carbonyl (C=O) groups excluding carboxylic acids is 1. The highest BCUT2D eigenvalue weighted by Gasteiger charge is 2.44. The van der Waals surface area contributed by atoms with Crippen molar-refractivity contribution in [3.05, 3.63) is 64.7 Å². The molecule has 1 aliphatic rings. The van der Waals surface area contributed by atoms with Crippen LogP contribution in [0.25, 0.3) is 0 Å². The van der Waals surface area contributed by atoms with Crippen LogP contribution in [0.3, 0.4) is 0 Å². The van der Waals surface area contributed by atoms with Crippen molar-refractivity contribution in [2.24, 2.45) is 0 Å². The third-order valence-electron chi connectivity index (χ3n) is 6.71. The van der Waals surface area contributed by atoms with Crippen molar-refractivity contribution in [3.63, 3.8) is 0 Å². The quantitative estimate of drug-likeness (QED) is 0.153. The summed E-state index contributed by atoms with van der Waals surface area (Å²) in [5, 5.41) is 83.2. The van der Waals surface area contributed by atoms with Crippen LogP contribution < -0.4 is 10.6 Å². The lowest BCUT2D eigenvalue weighted by Gasteiger charge is -2.40. The maximum atomic E-state index is 12.0. The average molecular weight is 537 g/mol. The molecule has 0 unspecified atom stereocenters. The average Bonchev–Trinajstić information content (AvgIpc) is 2.93. The van der Waals surface area contributed by atoms with E-state index in [-0.39, 0.29) is 17.9 Å². The minimum atomic E-state index is -1.55. The number of benzene rings is 2. The zero-order valence-electron chi connectivity index (χ0n) is 20.8. The Bertz CT molecular complexity index is 1040. The third-order valence-corrected chi connectivity index (χ3v) is 6.71.